The van der Waals surface area contributed by atoms with E-state index in [1.807, 2.05) is 0 Å². The quantitative estimate of drug-likeness (QED) is 0.0611. The molecule has 0 radical (unpaired) electrons. The Labute approximate surface area is 431 Å². The van der Waals surface area contributed by atoms with Crippen molar-refractivity contribution in [2.45, 2.75) is 148 Å². The van der Waals surface area contributed by atoms with Crippen LogP contribution in [-0.2, 0) is 22.0 Å². The Balaban J connectivity index is 1.14. The van der Waals surface area contributed by atoms with E-state index in [2.05, 4.69) is 215 Å². The van der Waals surface area contributed by atoms with Gasteiger partial charge in [-0.2, -0.15) is 0 Å². The lowest BCUT2D eigenvalue weighted by molar-refractivity contribution is -0.114. The van der Waals surface area contributed by atoms with E-state index >= 15 is 0 Å². The van der Waals surface area contributed by atoms with Crippen molar-refractivity contribution in [2.24, 2.45) is 0 Å². The number of carbonyl (C=O) groups is 1. The van der Waals surface area contributed by atoms with Gasteiger partial charge in [0.15, 0.2) is 5.78 Å². The van der Waals surface area contributed by atoms with Crippen molar-refractivity contribution in [1.82, 2.24) is 0 Å². The molecule has 2 aliphatic rings. The third-order valence-corrected chi connectivity index (χ3v) is 16.2. The van der Waals surface area contributed by atoms with Crippen LogP contribution in [0.25, 0.3) is 11.1 Å². The van der Waals surface area contributed by atoms with Gasteiger partial charge in [0.05, 0.1) is 28.5 Å². The van der Waals surface area contributed by atoms with Crippen molar-refractivity contribution in [3.8, 4) is 11.1 Å². The molecule has 0 saturated heterocycles. The molecular formula is C68H76N2O2. The Morgan fingerprint density at radius 3 is 1.32 bits per heavy atom. The second-order valence-electron chi connectivity index (χ2n) is 21.0. The highest BCUT2D eigenvalue weighted by Gasteiger charge is 2.44. The van der Waals surface area contributed by atoms with E-state index in [9.17, 15) is 9.90 Å². The minimum atomic E-state index is -0.0626. The molecule has 2 unspecified atom stereocenters. The monoisotopic (exact) mass is 953 g/mol. The number of aryl methyl sites for hydroxylation is 1. The van der Waals surface area contributed by atoms with Crippen LogP contribution < -0.4 is 9.80 Å². The summed E-state index contributed by atoms with van der Waals surface area (Å²) in [7, 11) is 0. The first-order valence-electron chi connectivity index (χ1n) is 27.3. The minimum Gasteiger partial charge on any atom is -0.512 e. The lowest BCUT2D eigenvalue weighted by Gasteiger charge is -2.47. The lowest BCUT2D eigenvalue weighted by Crippen LogP contribution is -2.36. The highest BCUT2D eigenvalue weighted by Crippen LogP contribution is 2.59. The number of aliphatic hydroxyl groups is 1. The first-order valence-corrected chi connectivity index (χ1v) is 27.3. The Hall–Kier alpha value is -6.65. The summed E-state index contributed by atoms with van der Waals surface area (Å²) >= 11 is 0. The topological polar surface area (TPSA) is 43.8 Å². The van der Waals surface area contributed by atoms with E-state index in [4.69, 9.17) is 0 Å². The molecule has 0 spiro atoms. The molecule has 0 aliphatic carbocycles. The van der Waals surface area contributed by atoms with Gasteiger partial charge in [-0.15, -0.1) is 0 Å². The smallest absolute Gasteiger partial charge is 0.159 e. The van der Waals surface area contributed by atoms with Gasteiger partial charge in [0, 0.05) is 34.7 Å². The number of hydrogen-bond donors (Lipinski definition) is 1. The summed E-state index contributed by atoms with van der Waals surface area (Å²) in [5.41, 5.74) is 19.2. The summed E-state index contributed by atoms with van der Waals surface area (Å²) in [6.45, 7) is 15.6. The number of aliphatic hydroxyl groups excluding tert-OH is 1. The number of rotatable bonds is 20. The number of benzene rings is 7. The summed E-state index contributed by atoms with van der Waals surface area (Å²) in [6, 6.07) is 62.7. The average molecular weight is 953 g/mol. The fourth-order valence-electron chi connectivity index (χ4n) is 13.1. The summed E-state index contributed by atoms with van der Waals surface area (Å²) < 4.78 is 0. The van der Waals surface area contributed by atoms with Crippen molar-refractivity contribution in [3.05, 3.63) is 215 Å². The van der Waals surface area contributed by atoms with E-state index in [0.29, 0.717) is 24.7 Å². The van der Waals surface area contributed by atoms with Crippen LogP contribution in [0.1, 0.15) is 170 Å². The van der Waals surface area contributed by atoms with Gasteiger partial charge >= 0.3 is 0 Å². The number of carbonyl (C=O) groups excluding carboxylic acids is 1. The van der Waals surface area contributed by atoms with Gasteiger partial charge in [0.1, 0.15) is 0 Å². The highest BCUT2D eigenvalue weighted by molar-refractivity contribution is 5.93. The Kier molecular flexibility index (Phi) is 15.4. The van der Waals surface area contributed by atoms with Crippen LogP contribution >= 0.6 is 0 Å². The predicted molar refractivity (Wildman–Crippen MR) is 305 cm³/mol. The first-order chi connectivity index (χ1) is 35.1. The molecule has 0 fully saturated rings. The lowest BCUT2D eigenvalue weighted by atomic mass is 9.65. The first kappa shape index (κ1) is 50.3. The van der Waals surface area contributed by atoms with Crippen LogP contribution in [0.15, 0.2) is 176 Å². The molecule has 2 heterocycles. The molecule has 7 aromatic rings. The number of hydrogen-bond acceptors (Lipinski definition) is 4. The summed E-state index contributed by atoms with van der Waals surface area (Å²) in [5, 5.41) is 9.50. The molecule has 4 nitrogen and oxygen atoms in total. The van der Waals surface area contributed by atoms with Crippen LogP contribution in [0.5, 0.6) is 0 Å². The number of allylic oxidation sites excluding steroid dienone is 2. The van der Waals surface area contributed by atoms with Gasteiger partial charge in [0.2, 0.25) is 0 Å². The van der Waals surface area contributed by atoms with Crippen LogP contribution in [-0.4, -0.2) is 10.9 Å². The fourth-order valence-corrected chi connectivity index (χ4v) is 13.1. The number of nitrogens with zero attached hydrogens (tertiary/aromatic N) is 2. The second-order valence-corrected chi connectivity index (χ2v) is 21.0. The fraction of sp³-hybridized carbons (Fsp3) is 0.338. The molecule has 2 atom stereocenters. The van der Waals surface area contributed by atoms with Crippen molar-refractivity contribution < 1.29 is 9.90 Å². The highest BCUT2D eigenvalue weighted by atomic mass is 16.3. The maximum absolute atomic E-state index is 12.2. The van der Waals surface area contributed by atoms with Crippen molar-refractivity contribution in [3.63, 3.8) is 0 Å². The Morgan fingerprint density at radius 1 is 0.528 bits per heavy atom. The zero-order valence-corrected chi connectivity index (χ0v) is 44.1. The van der Waals surface area contributed by atoms with Crippen molar-refractivity contribution in [1.29, 1.82) is 0 Å². The molecule has 0 saturated carbocycles. The summed E-state index contributed by atoms with van der Waals surface area (Å²) in [4.78, 5) is 17.3. The molecule has 0 bridgehead atoms. The zero-order chi connectivity index (χ0) is 50.4. The largest absolute Gasteiger partial charge is 0.512 e. The van der Waals surface area contributed by atoms with Crippen molar-refractivity contribution >= 4 is 39.9 Å². The zero-order valence-electron chi connectivity index (χ0n) is 44.1. The number of anilines is 6. The predicted octanol–water partition coefficient (Wildman–Crippen LogP) is 19.3. The standard InChI is InChI=1S/C68H76N2O2/c1-8-39-67(40-9-2)59-21-13-17-25-63(59)69(64-26-18-14-22-60(64)67)56-45-55(46-57(47-56)70-65-27-19-15-23-61(65)68(41-10-3,42-11-4)62-24-16-20-28-66(62)70)54-36-34-52(35-37-54)48(6)43-51(12-5)53-32-29-50(30-33-53)31-38-58(72)44-49(7)71/h13-30,32-37,44-48,51,71H,8-12,31,38-43H2,1-7H3. The molecule has 72 heavy (non-hydrogen) atoms. The molecule has 9 rings (SSSR count). The molecule has 2 aliphatic heterocycles. The van der Waals surface area contributed by atoms with E-state index in [0.717, 1.165) is 81.1 Å². The van der Waals surface area contributed by atoms with Gasteiger partial charge in [-0.3, -0.25) is 4.79 Å². The Bertz CT molecular complexity index is 2770. The molecule has 4 heteroatoms. The maximum atomic E-state index is 12.2. The van der Waals surface area contributed by atoms with E-state index in [1.165, 1.54) is 80.3 Å². The molecule has 370 valence electrons. The molecule has 7 aromatic carbocycles. The van der Waals surface area contributed by atoms with Gasteiger partial charge in [-0.1, -0.05) is 189 Å². The number of para-hydroxylation sites is 4. The summed E-state index contributed by atoms with van der Waals surface area (Å²) in [5.74, 6) is 0.794. The van der Waals surface area contributed by atoms with Gasteiger partial charge in [-0.25, -0.2) is 0 Å². The average Bonchev–Trinajstić information content (AvgIpc) is 3.40. The van der Waals surface area contributed by atoms with Crippen molar-refractivity contribution in [2.75, 3.05) is 9.80 Å². The van der Waals surface area contributed by atoms with E-state index in [1.54, 1.807) is 0 Å². The normalized spacial score (nSPS) is 15.2. The molecule has 1 N–H and O–H groups in total. The second kappa shape index (κ2) is 22.0. The number of ketones is 1. The molecule has 0 aromatic heterocycles. The van der Waals surface area contributed by atoms with Gasteiger partial charge in [0.25, 0.3) is 0 Å². The third kappa shape index (κ3) is 9.58. The molecule has 0 amide bonds. The van der Waals surface area contributed by atoms with Crippen LogP contribution in [0.2, 0.25) is 0 Å². The number of fused-ring (bicyclic) bond motifs is 4. The minimum absolute atomic E-state index is 0.0443. The van der Waals surface area contributed by atoms with Gasteiger partial charge in [-0.05, 0) is 156 Å². The third-order valence-electron chi connectivity index (χ3n) is 16.2. The maximum Gasteiger partial charge on any atom is 0.159 e. The molecular weight excluding hydrogens is 877 g/mol. The van der Waals surface area contributed by atoms with E-state index < -0.39 is 0 Å². The van der Waals surface area contributed by atoms with Gasteiger partial charge < -0.3 is 14.9 Å². The SMILES string of the molecule is CCCC1(CCC)c2ccccc2N(c2cc(-c3ccc(C(C)CC(CC)c4ccc(CCC(=O)C=C(C)O)cc4)cc3)cc(N3c4ccccc4C(CCC)(CCC)c4ccccc43)c2)c2ccccc21. The van der Waals surface area contributed by atoms with Crippen LogP contribution in [0.3, 0.4) is 0 Å². The van der Waals surface area contributed by atoms with Crippen LogP contribution in [0, 0.1) is 0 Å². The Morgan fingerprint density at radius 2 is 0.931 bits per heavy atom. The summed E-state index contributed by atoms with van der Waals surface area (Å²) in [6.07, 6.45) is 13.4. The van der Waals surface area contributed by atoms with Crippen LogP contribution in [0.4, 0.5) is 34.1 Å². The van der Waals surface area contributed by atoms with E-state index in [-0.39, 0.29) is 22.4 Å².